The molecule has 6 heteroatoms. The molecule has 4 aliphatic rings. The van der Waals surface area contributed by atoms with Gasteiger partial charge >= 0.3 is 0 Å². The highest BCUT2D eigenvalue weighted by Gasteiger charge is 2.44. The normalized spacial score (nSPS) is 27.6. The van der Waals surface area contributed by atoms with Crippen molar-refractivity contribution in [1.82, 2.24) is 15.2 Å². The summed E-state index contributed by atoms with van der Waals surface area (Å²) in [5.74, 6) is 1.95. The lowest BCUT2D eigenvalue weighted by molar-refractivity contribution is -0.122. The van der Waals surface area contributed by atoms with Gasteiger partial charge in [0.1, 0.15) is 0 Å². The molecule has 6 rings (SSSR count). The second-order valence-electron chi connectivity index (χ2n) is 10.1. The van der Waals surface area contributed by atoms with E-state index in [0.29, 0.717) is 12.0 Å². The van der Waals surface area contributed by atoms with Crippen molar-refractivity contribution in [3.63, 3.8) is 0 Å². The molecule has 0 spiro atoms. The molecule has 1 aromatic carbocycles. The Hall–Kier alpha value is -2.86. The number of benzene rings is 1. The van der Waals surface area contributed by atoms with Crippen LogP contribution in [0.2, 0.25) is 0 Å². The average Bonchev–Trinajstić information content (AvgIpc) is 3.05. The molecule has 3 atom stereocenters. The highest BCUT2D eigenvalue weighted by Crippen LogP contribution is 2.45. The fourth-order valence-corrected chi connectivity index (χ4v) is 5.82. The third kappa shape index (κ3) is 3.37. The Morgan fingerprint density at radius 2 is 1.97 bits per heavy atom. The van der Waals surface area contributed by atoms with Crippen molar-refractivity contribution in [2.45, 2.75) is 39.7 Å². The van der Waals surface area contributed by atoms with Gasteiger partial charge in [0.15, 0.2) is 0 Å². The molecule has 4 heterocycles. The number of amides is 2. The van der Waals surface area contributed by atoms with Crippen molar-refractivity contribution in [3.05, 3.63) is 51.8 Å². The number of hydrogen-bond donors (Lipinski definition) is 3. The minimum Gasteiger partial charge on any atom is -0.359 e. The monoisotopic (exact) mass is 430 g/mol. The first kappa shape index (κ1) is 19.8. The lowest BCUT2D eigenvalue weighted by Gasteiger charge is -2.17. The number of nitrogens with one attached hydrogen (secondary N) is 3. The molecule has 2 amide bonds. The highest BCUT2D eigenvalue weighted by molar-refractivity contribution is 6.34. The molecular formula is C26H30N4O2. The van der Waals surface area contributed by atoms with Gasteiger partial charge in [0.25, 0.3) is 5.91 Å². The summed E-state index contributed by atoms with van der Waals surface area (Å²) < 4.78 is 0. The van der Waals surface area contributed by atoms with E-state index in [1.54, 1.807) is 0 Å². The van der Waals surface area contributed by atoms with Gasteiger partial charge in [-0.1, -0.05) is 6.07 Å². The first-order valence-electron chi connectivity index (χ1n) is 11.8. The van der Waals surface area contributed by atoms with E-state index >= 15 is 0 Å². The molecule has 1 aliphatic carbocycles. The second kappa shape index (κ2) is 7.34. The number of anilines is 1. The van der Waals surface area contributed by atoms with Crippen molar-refractivity contribution in [2.75, 3.05) is 25.0 Å². The van der Waals surface area contributed by atoms with E-state index in [1.807, 2.05) is 18.2 Å². The van der Waals surface area contributed by atoms with Crippen LogP contribution in [0.5, 0.6) is 0 Å². The molecule has 1 saturated carbocycles. The Bertz CT molecular complexity index is 1150. The van der Waals surface area contributed by atoms with Crippen LogP contribution in [0.4, 0.5) is 5.69 Å². The standard InChI is InChI=1S/C26H30N4O2/c1-14-22(13-30-11-18-9-19(18)12-30)15(2)28-24(14)10-21-20-8-16(3-4-23(20)29-26(21)32)7-17-5-6-27-25(17)31/h3-4,8,10,17-19,28H,5-7,9,11-13H2,1-2H3,(H,27,31)(H,29,32)/t17?,18-,19+. The van der Waals surface area contributed by atoms with E-state index in [-0.39, 0.29) is 17.7 Å². The molecule has 1 unspecified atom stereocenters. The Morgan fingerprint density at radius 1 is 1.16 bits per heavy atom. The van der Waals surface area contributed by atoms with Gasteiger partial charge in [-0.2, -0.15) is 0 Å². The fourth-order valence-electron chi connectivity index (χ4n) is 5.82. The summed E-state index contributed by atoms with van der Waals surface area (Å²) in [6.07, 6.45) is 5.00. The second-order valence-corrected chi connectivity index (χ2v) is 10.1. The Morgan fingerprint density at radius 3 is 2.72 bits per heavy atom. The zero-order chi connectivity index (χ0) is 22.0. The number of carbonyl (C=O) groups excluding carboxylic acids is 2. The Balaban J connectivity index is 1.28. The quantitative estimate of drug-likeness (QED) is 0.638. The number of rotatable bonds is 5. The van der Waals surface area contributed by atoms with Crippen molar-refractivity contribution < 1.29 is 9.59 Å². The van der Waals surface area contributed by atoms with Crippen LogP contribution in [0.25, 0.3) is 11.6 Å². The van der Waals surface area contributed by atoms with Crippen molar-refractivity contribution in [3.8, 4) is 0 Å². The van der Waals surface area contributed by atoms with Gasteiger partial charge in [0.05, 0.1) is 5.57 Å². The van der Waals surface area contributed by atoms with E-state index in [0.717, 1.165) is 53.9 Å². The zero-order valence-corrected chi connectivity index (χ0v) is 18.8. The van der Waals surface area contributed by atoms with Gasteiger partial charge in [-0.05, 0) is 79.8 Å². The maximum Gasteiger partial charge on any atom is 0.256 e. The number of hydrogen-bond acceptors (Lipinski definition) is 3. The summed E-state index contributed by atoms with van der Waals surface area (Å²) in [6, 6.07) is 6.07. The van der Waals surface area contributed by atoms with Crippen LogP contribution in [0.3, 0.4) is 0 Å². The number of aryl methyl sites for hydroxylation is 1. The molecule has 166 valence electrons. The van der Waals surface area contributed by atoms with E-state index < -0.39 is 0 Å². The number of fused-ring (bicyclic) bond motifs is 2. The summed E-state index contributed by atoms with van der Waals surface area (Å²) in [6.45, 7) is 8.48. The van der Waals surface area contributed by atoms with E-state index in [9.17, 15) is 9.59 Å². The third-order valence-electron chi connectivity index (χ3n) is 7.87. The van der Waals surface area contributed by atoms with Crippen LogP contribution < -0.4 is 10.6 Å². The molecule has 3 fully saturated rings. The maximum atomic E-state index is 12.8. The van der Waals surface area contributed by atoms with Gasteiger partial charge in [-0.25, -0.2) is 0 Å². The Kier molecular flexibility index (Phi) is 4.54. The summed E-state index contributed by atoms with van der Waals surface area (Å²) >= 11 is 0. The zero-order valence-electron chi connectivity index (χ0n) is 18.8. The highest BCUT2D eigenvalue weighted by atomic mass is 16.2. The molecule has 1 aromatic heterocycles. The van der Waals surface area contributed by atoms with Crippen LogP contribution in [0.1, 0.15) is 46.5 Å². The van der Waals surface area contributed by atoms with Gasteiger partial charge in [0.2, 0.25) is 5.91 Å². The lowest BCUT2D eigenvalue weighted by atomic mass is 9.95. The SMILES string of the molecule is Cc1[nH]c(C=C2C(=O)Nc3ccc(CC4CCNC4=O)cc32)c(C)c1CN1C[C@H]2C[C@H]2C1. The van der Waals surface area contributed by atoms with Crippen LogP contribution in [0, 0.1) is 31.6 Å². The van der Waals surface area contributed by atoms with Crippen LogP contribution in [-0.2, 0) is 22.6 Å². The molecule has 6 nitrogen and oxygen atoms in total. The predicted molar refractivity (Wildman–Crippen MR) is 125 cm³/mol. The van der Waals surface area contributed by atoms with Crippen LogP contribution >= 0.6 is 0 Å². The van der Waals surface area contributed by atoms with Gasteiger partial charge in [0, 0.05) is 54.7 Å². The molecule has 2 aromatic rings. The number of aromatic nitrogens is 1. The minimum atomic E-state index is -0.0661. The Labute approximate surface area is 188 Å². The van der Waals surface area contributed by atoms with Gasteiger partial charge in [-0.3, -0.25) is 14.5 Å². The number of nitrogens with zero attached hydrogens (tertiary/aromatic N) is 1. The van der Waals surface area contributed by atoms with E-state index in [2.05, 4.69) is 40.4 Å². The lowest BCUT2D eigenvalue weighted by Crippen LogP contribution is -2.22. The maximum absolute atomic E-state index is 12.8. The van der Waals surface area contributed by atoms with Crippen LogP contribution in [0.15, 0.2) is 18.2 Å². The summed E-state index contributed by atoms with van der Waals surface area (Å²) in [7, 11) is 0. The third-order valence-corrected chi connectivity index (χ3v) is 7.87. The van der Waals surface area contributed by atoms with Gasteiger partial charge in [-0.15, -0.1) is 0 Å². The minimum absolute atomic E-state index is 0.0260. The number of aromatic amines is 1. The molecule has 2 saturated heterocycles. The number of carbonyl (C=O) groups is 2. The summed E-state index contributed by atoms with van der Waals surface area (Å²) in [5, 5.41) is 5.91. The number of piperidine rings is 1. The largest absolute Gasteiger partial charge is 0.359 e. The predicted octanol–water partition coefficient (Wildman–Crippen LogP) is 3.25. The summed E-state index contributed by atoms with van der Waals surface area (Å²) in [4.78, 5) is 30.9. The van der Waals surface area contributed by atoms with Gasteiger partial charge < -0.3 is 15.6 Å². The first-order chi connectivity index (χ1) is 15.5. The number of H-pyrrole nitrogens is 1. The fraction of sp³-hybridized carbons (Fsp3) is 0.462. The van der Waals surface area contributed by atoms with E-state index in [4.69, 9.17) is 0 Å². The van der Waals surface area contributed by atoms with Crippen molar-refractivity contribution in [2.24, 2.45) is 17.8 Å². The molecular weight excluding hydrogens is 400 g/mol. The molecule has 0 bridgehead atoms. The molecule has 0 radical (unpaired) electrons. The summed E-state index contributed by atoms with van der Waals surface area (Å²) in [5.41, 5.74) is 8.36. The smallest absolute Gasteiger partial charge is 0.256 e. The number of likely N-dealkylation sites (tertiary alicyclic amines) is 1. The van der Waals surface area contributed by atoms with Crippen molar-refractivity contribution in [1.29, 1.82) is 0 Å². The van der Waals surface area contributed by atoms with E-state index in [1.165, 1.54) is 36.3 Å². The first-order valence-corrected chi connectivity index (χ1v) is 11.8. The molecule has 32 heavy (non-hydrogen) atoms. The molecule has 3 aliphatic heterocycles. The molecule has 3 N–H and O–H groups in total. The average molecular weight is 431 g/mol. The topological polar surface area (TPSA) is 77.2 Å². The van der Waals surface area contributed by atoms with Crippen molar-refractivity contribution >= 4 is 29.2 Å². The van der Waals surface area contributed by atoms with Crippen LogP contribution in [-0.4, -0.2) is 41.3 Å².